The second-order valence-corrected chi connectivity index (χ2v) is 3.49. The number of aromatic nitrogens is 2. The van der Waals surface area contributed by atoms with Crippen LogP contribution >= 0.6 is 0 Å². The van der Waals surface area contributed by atoms with Gasteiger partial charge in [-0.2, -0.15) is 0 Å². The Morgan fingerprint density at radius 1 is 1.40 bits per heavy atom. The van der Waals surface area contributed by atoms with Crippen molar-refractivity contribution in [1.82, 2.24) is 9.55 Å². The van der Waals surface area contributed by atoms with Crippen LogP contribution in [0.25, 0.3) is 11.3 Å². The van der Waals surface area contributed by atoms with E-state index in [-0.39, 0.29) is 5.69 Å². The van der Waals surface area contributed by atoms with Gasteiger partial charge in [0.25, 0.3) is 0 Å². The summed E-state index contributed by atoms with van der Waals surface area (Å²) >= 11 is 0. The van der Waals surface area contributed by atoms with Gasteiger partial charge in [0.15, 0.2) is 0 Å². The third-order valence-corrected chi connectivity index (χ3v) is 2.52. The summed E-state index contributed by atoms with van der Waals surface area (Å²) < 4.78 is 15.2. The van der Waals surface area contributed by atoms with Gasteiger partial charge < -0.3 is 10.3 Å². The molecular weight excluding hydrogens is 193 g/mol. The number of rotatable bonds is 1. The first-order chi connectivity index (χ1) is 7.09. The van der Waals surface area contributed by atoms with Crippen molar-refractivity contribution in [3.8, 4) is 11.3 Å². The van der Waals surface area contributed by atoms with Crippen molar-refractivity contribution in [1.29, 1.82) is 0 Å². The van der Waals surface area contributed by atoms with E-state index in [1.54, 1.807) is 18.3 Å². The average molecular weight is 205 g/mol. The number of nitrogens with zero attached hydrogens (tertiary/aromatic N) is 2. The Labute approximate surface area is 87.4 Å². The predicted molar refractivity (Wildman–Crippen MR) is 57.8 cm³/mol. The first kappa shape index (κ1) is 9.71. The fourth-order valence-corrected chi connectivity index (χ4v) is 1.46. The van der Waals surface area contributed by atoms with E-state index < -0.39 is 5.82 Å². The van der Waals surface area contributed by atoms with Crippen LogP contribution in [-0.2, 0) is 7.05 Å². The third kappa shape index (κ3) is 1.58. The maximum absolute atomic E-state index is 13.2. The Hall–Kier alpha value is -1.84. The molecule has 0 amide bonds. The molecule has 3 nitrogen and oxygen atoms in total. The molecule has 2 N–H and O–H groups in total. The number of halogens is 1. The first-order valence-electron chi connectivity index (χ1n) is 4.63. The number of aryl methyl sites for hydroxylation is 1. The van der Waals surface area contributed by atoms with E-state index in [2.05, 4.69) is 4.98 Å². The van der Waals surface area contributed by atoms with Crippen LogP contribution in [0.2, 0.25) is 0 Å². The zero-order valence-electron chi connectivity index (χ0n) is 8.66. The van der Waals surface area contributed by atoms with Gasteiger partial charge in [0.1, 0.15) is 11.6 Å². The molecule has 0 spiro atoms. The summed E-state index contributed by atoms with van der Waals surface area (Å²) in [6.45, 7) is 1.90. The van der Waals surface area contributed by atoms with Gasteiger partial charge in [0.2, 0.25) is 0 Å². The van der Waals surface area contributed by atoms with Crippen LogP contribution in [0.4, 0.5) is 10.1 Å². The lowest BCUT2D eigenvalue weighted by Crippen LogP contribution is -1.96. The molecule has 0 radical (unpaired) electrons. The van der Waals surface area contributed by atoms with Crippen molar-refractivity contribution in [2.45, 2.75) is 6.92 Å². The highest BCUT2D eigenvalue weighted by molar-refractivity contribution is 5.62. The zero-order valence-corrected chi connectivity index (χ0v) is 8.66. The maximum Gasteiger partial charge on any atom is 0.146 e. The summed E-state index contributed by atoms with van der Waals surface area (Å²) in [6, 6.07) is 4.77. The summed E-state index contributed by atoms with van der Waals surface area (Å²) in [5.74, 6) is 0.494. The monoisotopic (exact) mass is 205 g/mol. The lowest BCUT2D eigenvalue weighted by atomic mass is 10.1. The Bertz CT molecular complexity index is 503. The number of imidazole rings is 1. The Morgan fingerprint density at radius 2 is 2.13 bits per heavy atom. The lowest BCUT2D eigenvalue weighted by molar-refractivity contribution is 0.633. The standard InChI is InChI=1S/C11H12FN3/c1-7-14-6-11(15(7)2)8-3-4-10(13)9(12)5-8/h3-6H,13H2,1-2H3. The summed E-state index contributed by atoms with van der Waals surface area (Å²) in [5, 5.41) is 0. The SMILES string of the molecule is Cc1ncc(-c2ccc(N)c(F)c2)n1C. The van der Waals surface area contributed by atoms with Crippen LogP contribution in [0.15, 0.2) is 24.4 Å². The van der Waals surface area contributed by atoms with Gasteiger partial charge in [-0.1, -0.05) is 6.07 Å². The van der Waals surface area contributed by atoms with E-state index in [4.69, 9.17) is 5.73 Å². The molecule has 0 saturated heterocycles. The molecule has 2 aromatic rings. The Morgan fingerprint density at radius 3 is 2.67 bits per heavy atom. The number of nitrogens with two attached hydrogens (primary N) is 1. The molecule has 4 heteroatoms. The minimum atomic E-state index is -0.397. The van der Waals surface area contributed by atoms with E-state index in [0.29, 0.717) is 0 Å². The number of hydrogen-bond donors (Lipinski definition) is 1. The van der Waals surface area contributed by atoms with Crippen molar-refractivity contribution < 1.29 is 4.39 Å². The quantitative estimate of drug-likeness (QED) is 0.725. The molecule has 15 heavy (non-hydrogen) atoms. The van der Waals surface area contributed by atoms with Gasteiger partial charge in [-0.15, -0.1) is 0 Å². The fourth-order valence-electron chi connectivity index (χ4n) is 1.46. The van der Waals surface area contributed by atoms with Crippen molar-refractivity contribution in [2.75, 3.05) is 5.73 Å². The highest BCUT2D eigenvalue weighted by Gasteiger charge is 2.07. The largest absolute Gasteiger partial charge is 0.396 e. The number of benzene rings is 1. The molecule has 0 unspecified atom stereocenters. The highest BCUT2D eigenvalue weighted by atomic mass is 19.1. The maximum atomic E-state index is 13.2. The molecule has 0 saturated carbocycles. The van der Waals surface area contributed by atoms with Crippen LogP contribution in [0.1, 0.15) is 5.82 Å². The zero-order chi connectivity index (χ0) is 11.0. The van der Waals surface area contributed by atoms with Crippen molar-refractivity contribution in [3.63, 3.8) is 0 Å². The molecule has 0 fully saturated rings. The van der Waals surface area contributed by atoms with E-state index in [1.165, 1.54) is 6.07 Å². The van der Waals surface area contributed by atoms with E-state index in [1.807, 2.05) is 18.5 Å². The van der Waals surface area contributed by atoms with Gasteiger partial charge in [-0.25, -0.2) is 9.37 Å². The molecule has 2 rings (SSSR count). The molecule has 1 aromatic carbocycles. The average Bonchev–Trinajstić information content (AvgIpc) is 2.53. The fraction of sp³-hybridized carbons (Fsp3) is 0.182. The molecule has 1 aromatic heterocycles. The third-order valence-electron chi connectivity index (χ3n) is 2.52. The molecular formula is C11H12FN3. The Kier molecular flexibility index (Phi) is 2.19. The summed E-state index contributed by atoms with van der Waals surface area (Å²) in [4.78, 5) is 4.15. The summed E-state index contributed by atoms with van der Waals surface area (Å²) in [7, 11) is 1.89. The number of anilines is 1. The van der Waals surface area contributed by atoms with Gasteiger partial charge in [0, 0.05) is 12.6 Å². The van der Waals surface area contributed by atoms with Crippen molar-refractivity contribution in [2.24, 2.45) is 7.05 Å². The lowest BCUT2D eigenvalue weighted by Gasteiger charge is -2.04. The summed E-state index contributed by atoms with van der Waals surface area (Å²) in [6.07, 6.45) is 1.72. The second-order valence-electron chi connectivity index (χ2n) is 3.49. The van der Waals surface area contributed by atoms with Crippen molar-refractivity contribution in [3.05, 3.63) is 36.0 Å². The van der Waals surface area contributed by atoms with Gasteiger partial charge in [-0.3, -0.25) is 0 Å². The number of nitrogen functional groups attached to an aromatic ring is 1. The molecule has 1 heterocycles. The normalized spacial score (nSPS) is 10.6. The topological polar surface area (TPSA) is 43.8 Å². The van der Waals surface area contributed by atoms with Crippen LogP contribution < -0.4 is 5.73 Å². The molecule has 0 aliphatic heterocycles. The summed E-state index contributed by atoms with van der Waals surface area (Å²) in [5.41, 5.74) is 7.24. The van der Waals surface area contributed by atoms with Crippen LogP contribution in [-0.4, -0.2) is 9.55 Å². The number of hydrogen-bond acceptors (Lipinski definition) is 2. The Balaban J connectivity index is 2.55. The minimum absolute atomic E-state index is 0.164. The first-order valence-corrected chi connectivity index (χ1v) is 4.63. The van der Waals surface area contributed by atoms with Gasteiger partial charge in [0.05, 0.1) is 17.6 Å². The molecule has 78 valence electrons. The van der Waals surface area contributed by atoms with Gasteiger partial charge >= 0.3 is 0 Å². The van der Waals surface area contributed by atoms with Crippen molar-refractivity contribution >= 4 is 5.69 Å². The molecule has 0 aliphatic rings. The highest BCUT2D eigenvalue weighted by Crippen LogP contribution is 2.22. The second kappa shape index (κ2) is 3.38. The minimum Gasteiger partial charge on any atom is -0.396 e. The smallest absolute Gasteiger partial charge is 0.146 e. The van der Waals surface area contributed by atoms with Crippen LogP contribution in [0.5, 0.6) is 0 Å². The van der Waals surface area contributed by atoms with Crippen LogP contribution in [0.3, 0.4) is 0 Å². The molecule has 0 atom stereocenters. The molecule has 0 aliphatic carbocycles. The van der Waals surface area contributed by atoms with E-state index >= 15 is 0 Å². The van der Waals surface area contributed by atoms with Gasteiger partial charge in [-0.05, 0) is 19.1 Å². The van der Waals surface area contributed by atoms with Crippen LogP contribution in [0, 0.1) is 12.7 Å². The van der Waals surface area contributed by atoms with E-state index in [9.17, 15) is 4.39 Å². The predicted octanol–water partition coefficient (Wildman–Crippen LogP) is 2.12. The van der Waals surface area contributed by atoms with E-state index in [0.717, 1.165) is 17.1 Å². The molecule has 0 bridgehead atoms.